The number of carbonyl (C=O) groups excluding carboxylic acids is 3. The summed E-state index contributed by atoms with van der Waals surface area (Å²) >= 11 is 0. The van der Waals surface area contributed by atoms with Crippen LogP contribution >= 0.6 is 0 Å². The number of nitrogens with zero attached hydrogens (tertiary/aromatic N) is 4. The van der Waals surface area contributed by atoms with Crippen LogP contribution in [0, 0.1) is 0 Å². The van der Waals surface area contributed by atoms with Gasteiger partial charge in [0.25, 0.3) is 5.91 Å². The molecule has 1 fully saturated rings. The predicted octanol–water partition coefficient (Wildman–Crippen LogP) is 1.02. The van der Waals surface area contributed by atoms with E-state index in [1.807, 2.05) is 0 Å². The Kier molecular flexibility index (Phi) is 19.9. The molecule has 3 rings (SSSR count). The Morgan fingerprint density at radius 1 is 0.638 bits per heavy atom. The number of hydrogen-bond donors (Lipinski definition) is 5. The summed E-state index contributed by atoms with van der Waals surface area (Å²) < 4.78 is 16.2. The van der Waals surface area contributed by atoms with Crippen LogP contribution in [0.15, 0.2) is 48.6 Å². The number of aliphatic carboxylic acids is 3. The Labute approximate surface area is 336 Å². The minimum atomic E-state index is -1.02. The van der Waals surface area contributed by atoms with E-state index in [0.29, 0.717) is 94.5 Å². The summed E-state index contributed by atoms with van der Waals surface area (Å²) in [5.41, 5.74) is 1.22. The predicted molar refractivity (Wildman–Crippen MR) is 212 cm³/mol. The lowest BCUT2D eigenvalue weighted by Crippen LogP contribution is -2.48. The van der Waals surface area contributed by atoms with Gasteiger partial charge in [0.1, 0.15) is 0 Å². The maximum Gasteiger partial charge on any atom is 0.317 e. The molecule has 0 aliphatic carbocycles. The standard InChI is InChI=1S/C40H53N5O13/c1-56-35-22-29(6-10-33(35)48)4-8-31(46)24-32(47)9-5-30-7-11-34(36(23-30)57-2)58-28-37(49)41-12-3-13-42-14-16-43(25-38(50)51)18-20-45(27-40(54)55)21-19-44(17-15-42)26-39(52)53/h4-11,22-23,48H,3,12-21,24-28H2,1-2H3,(H,41,49)(H,50,51)(H,52,53)(H,54,55)/b8-4+,9-5+. The summed E-state index contributed by atoms with van der Waals surface area (Å²) in [5, 5.41) is 40.7. The molecule has 18 heteroatoms. The molecule has 18 nitrogen and oxygen atoms in total. The van der Waals surface area contributed by atoms with Crippen molar-refractivity contribution >= 4 is 47.5 Å². The number of benzene rings is 2. The quantitative estimate of drug-likeness (QED) is 0.0673. The second kappa shape index (κ2) is 24.7. The number of allylic oxidation sites excluding steroid dienone is 2. The van der Waals surface area contributed by atoms with Gasteiger partial charge in [-0.25, -0.2) is 0 Å². The van der Waals surface area contributed by atoms with Gasteiger partial charge in [-0.3, -0.25) is 43.5 Å². The molecule has 316 valence electrons. The highest BCUT2D eigenvalue weighted by atomic mass is 16.5. The van der Waals surface area contributed by atoms with E-state index in [1.54, 1.807) is 45.0 Å². The van der Waals surface area contributed by atoms with Crippen molar-refractivity contribution < 1.29 is 63.4 Å². The van der Waals surface area contributed by atoms with Gasteiger partial charge < -0.3 is 44.9 Å². The van der Waals surface area contributed by atoms with E-state index in [-0.39, 0.29) is 50.1 Å². The number of carbonyl (C=O) groups is 6. The molecule has 1 aliphatic rings. The fraction of sp³-hybridized carbons (Fsp3) is 0.450. The number of ether oxygens (including phenoxy) is 3. The Morgan fingerprint density at radius 2 is 1.09 bits per heavy atom. The highest BCUT2D eigenvalue weighted by Gasteiger charge is 2.20. The Balaban J connectivity index is 1.48. The van der Waals surface area contributed by atoms with Crippen LogP contribution in [0.4, 0.5) is 0 Å². The van der Waals surface area contributed by atoms with Crippen molar-refractivity contribution in [3.8, 4) is 23.0 Å². The fourth-order valence-electron chi connectivity index (χ4n) is 5.95. The summed E-state index contributed by atoms with van der Waals surface area (Å²) in [6, 6.07) is 9.48. The second-order valence-electron chi connectivity index (χ2n) is 13.5. The van der Waals surface area contributed by atoms with Crippen molar-refractivity contribution in [2.24, 2.45) is 0 Å². The second-order valence-corrected chi connectivity index (χ2v) is 13.5. The van der Waals surface area contributed by atoms with Crippen LogP contribution < -0.4 is 19.5 Å². The van der Waals surface area contributed by atoms with Crippen LogP contribution in [0.5, 0.6) is 23.0 Å². The normalized spacial score (nSPS) is 15.3. The third-order valence-electron chi connectivity index (χ3n) is 9.00. The third-order valence-corrected chi connectivity index (χ3v) is 9.00. The van der Waals surface area contributed by atoms with E-state index in [0.717, 1.165) is 0 Å². The van der Waals surface area contributed by atoms with E-state index < -0.39 is 29.5 Å². The Bertz CT molecular complexity index is 1750. The average molecular weight is 812 g/mol. The van der Waals surface area contributed by atoms with Crippen LogP contribution in [0.3, 0.4) is 0 Å². The minimum Gasteiger partial charge on any atom is -0.504 e. The highest BCUT2D eigenvalue weighted by Crippen LogP contribution is 2.29. The number of carboxylic acid groups (broad SMARTS) is 3. The summed E-state index contributed by atoms with van der Waals surface area (Å²) in [7, 11) is 2.85. The van der Waals surface area contributed by atoms with Gasteiger partial charge in [-0.2, -0.15) is 0 Å². The number of nitrogens with one attached hydrogen (secondary N) is 1. The highest BCUT2D eigenvalue weighted by molar-refractivity contribution is 6.10. The van der Waals surface area contributed by atoms with Gasteiger partial charge in [0.2, 0.25) is 0 Å². The van der Waals surface area contributed by atoms with Crippen molar-refractivity contribution in [1.29, 1.82) is 0 Å². The number of phenolic OH excluding ortho intramolecular Hbond substituents is 1. The molecule has 1 saturated heterocycles. The van der Waals surface area contributed by atoms with Crippen LogP contribution in [0.2, 0.25) is 0 Å². The van der Waals surface area contributed by atoms with E-state index in [9.17, 15) is 49.2 Å². The van der Waals surface area contributed by atoms with Crippen molar-refractivity contribution in [2.75, 3.05) is 106 Å². The summed E-state index contributed by atoms with van der Waals surface area (Å²) in [6.45, 7) is 2.95. The van der Waals surface area contributed by atoms with Crippen LogP contribution in [0.25, 0.3) is 12.2 Å². The number of amides is 1. The number of aromatic hydroxyl groups is 1. The van der Waals surface area contributed by atoms with E-state index in [1.165, 1.54) is 44.6 Å². The first-order valence-corrected chi connectivity index (χ1v) is 18.7. The van der Waals surface area contributed by atoms with E-state index in [4.69, 9.17) is 14.2 Å². The van der Waals surface area contributed by atoms with Gasteiger partial charge in [0.05, 0.1) is 40.3 Å². The van der Waals surface area contributed by atoms with Crippen molar-refractivity contribution in [2.45, 2.75) is 12.8 Å². The van der Waals surface area contributed by atoms with Crippen LogP contribution in [-0.2, 0) is 28.8 Å². The molecule has 0 radical (unpaired) electrons. The molecule has 0 saturated carbocycles. The number of carboxylic acids is 3. The maximum atomic E-state index is 12.7. The van der Waals surface area contributed by atoms with E-state index >= 15 is 0 Å². The van der Waals surface area contributed by atoms with Gasteiger partial charge in [-0.15, -0.1) is 0 Å². The molecular weight excluding hydrogens is 758 g/mol. The molecule has 2 aromatic rings. The number of phenols is 1. The third kappa shape index (κ3) is 18.0. The molecule has 0 atom stereocenters. The molecule has 0 aromatic heterocycles. The van der Waals surface area contributed by atoms with Gasteiger partial charge in [-0.05, 0) is 60.5 Å². The summed E-state index contributed by atoms with van der Waals surface area (Å²) in [6.07, 6.45) is 5.82. The zero-order valence-electron chi connectivity index (χ0n) is 32.8. The first kappa shape index (κ1) is 46.6. The first-order chi connectivity index (χ1) is 27.7. The zero-order valence-corrected chi connectivity index (χ0v) is 32.8. The molecule has 5 N–H and O–H groups in total. The zero-order chi connectivity index (χ0) is 42.5. The number of methoxy groups -OCH3 is 2. The first-order valence-electron chi connectivity index (χ1n) is 18.7. The average Bonchev–Trinajstić information content (AvgIpc) is 3.17. The summed E-state index contributed by atoms with van der Waals surface area (Å²) in [4.78, 5) is 79.1. The lowest BCUT2D eigenvalue weighted by Gasteiger charge is -2.33. The Morgan fingerprint density at radius 3 is 1.55 bits per heavy atom. The largest absolute Gasteiger partial charge is 0.504 e. The lowest BCUT2D eigenvalue weighted by atomic mass is 10.1. The van der Waals surface area contributed by atoms with Gasteiger partial charge in [0.15, 0.2) is 41.2 Å². The molecule has 0 unspecified atom stereocenters. The molecule has 1 aliphatic heterocycles. The molecule has 58 heavy (non-hydrogen) atoms. The van der Waals surface area contributed by atoms with Gasteiger partial charge in [0, 0.05) is 58.9 Å². The molecule has 0 bridgehead atoms. The van der Waals surface area contributed by atoms with Gasteiger partial charge >= 0.3 is 17.9 Å². The number of rotatable bonds is 21. The lowest BCUT2D eigenvalue weighted by molar-refractivity contribution is -0.140. The molecular formula is C40H53N5O13. The van der Waals surface area contributed by atoms with Crippen molar-refractivity contribution in [3.05, 3.63) is 59.7 Å². The van der Waals surface area contributed by atoms with Crippen LogP contribution in [-0.4, -0.2) is 181 Å². The molecule has 2 aromatic carbocycles. The fourth-order valence-corrected chi connectivity index (χ4v) is 5.95. The molecule has 1 amide bonds. The monoisotopic (exact) mass is 811 g/mol. The van der Waals surface area contributed by atoms with E-state index in [2.05, 4.69) is 10.2 Å². The van der Waals surface area contributed by atoms with Crippen molar-refractivity contribution in [3.63, 3.8) is 0 Å². The van der Waals surface area contributed by atoms with Crippen LogP contribution in [0.1, 0.15) is 24.0 Å². The number of ketones is 2. The smallest absolute Gasteiger partial charge is 0.317 e. The minimum absolute atomic E-state index is 0.0308. The SMILES string of the molecule is COc1cc(/C=C/C(=O)CC(=O)/C=C/c2ccc(OCC(=O)NCCCN3CCN(CC(=O)O)CCN(CC(=O)O)CCN(CC(=O)O)CC3)c(OC)c2)ccc1O. The van der Waals surface area contributed by atoms with Crippen molar-refractivity contribution in [1.82, 2.24) is 24.9 Å². The topological polar surface area (TPSA) is 236 Å². The molecule has 1 heterocycles. The number of hydrogen-bond acceptors (Lipinski definition) is 14. The maximum absolute atomic E-state index is 12.7. The molecule has 0 spiro atoms. The van der Waals surface area contributed by atoms with Gasteiger partial charge in [-0.1, -0.05) is 24.3 Å². The summed E-state index contributed by atoms with van der Waals surface area (Å²) in [5.74, 6) is -3.36. The Hall–Kier alpha value is -5.82.